The summed E-state index contributed by atoms with van der Waals surface area (Å²) in [5, 5.41) is 3.23. The molecule has 0 saturated carbocycles. The number of nitrogens with two attached hydrogens (primary N) is 1. The van der Waals surface area contributed by atoms with E-state index in [9.17, 15) is 9.59 Å². The molecule has 1 aliphatic heterocycles. The van der Waals surface area contributed by atoms with Crippen molar-refractivity contribution in [2.75, 3.05) is 66.8 Å². The summed E-state index contributed by atoms with van der Waals surface area (Å²) in [6.45, 7) is 3.65. The van der Waals surface area contributed by atoms with Crippen molar-refractivity contribution in [3.05, 3.63) is 16.7 Å². The number of methoxy groups -OCH3 is 2. The van der Waals surface area contributed by atoms with Gasteiger partial charge in [-0.15, -0.1) is 0 Å². The molecule has 1 aromatic rings. The van der Waals surface area contributed by atoms with E-state index in [-0.39, 0.29) is 46.3 Å². The maximum absolute atomic E-state index is 12.9. The fourth-order valence-electron chi connectivity index (χ4n) is 3.83. The van der Waals surface area contributed by atoms with Crippen LogP contribution in [0, 0.1) is 0 Å². The summed E-state index contributed by atoms with van der Waals surface area (Å²) in [5.74, 6) is -0.219. The Labute approximate surface area is 207 Å². The summed E-state index contributed by atoms with van der Waals surface area (Å²) >= 11 is 6.04. The Bertz CT molecular complexity index is 810. The minimum atomic E-state index is -0.329. The number of carbonyl (C=O) groups excluding carboxylic acids is 2. The lowest BCUT2D eigenvalue weighted by Gasteiger charge is -2.38. The van der Waals surface area contributed by atoms with Gasteiger partial charge in [-0.05, 0) is 46.0 Å². The lowest BCUT2D eigenvalue weighted by Crippen LogP contribution is -2.54. The first-order valence-corrected chi connectivity index (χ1v) is 12.0. The van der Waals surface area contributed by atoms with E-state index >= 15 is 0 Å². The van der Waals surface area contributed by atoms with Gasteiger partial charge >= 0.3 is 5.97 Å². The molecule has 1 aliphatic rings. The zero-order valence-corrected chi connectivity index (χ0v) is 21.4. The Morgan fingerprint density at radius 3 is 2.74 bits per heavy atom. The molecule has 1 amide bonds. The Morgan fingerprint density at radius 2 is 2.06 bits per heavy atom. The van der Waals surface area contributed by atoms with E-state index in [1.807, 2.05) is 19.0 Å². The van der Waals surface area contributed by atoms with Crippen molar-refractivity contribution in [2.45, 2.75) is 44.2 Å². The second-order valence-electron chi connectivity index (χ2n) is 8.69. The van der Waals surface area contributed by atoms with Crippen molar-refractivity contribution in [2.24, 2.45) is 0 Å². The van der Waals surface area contributed by atoms with Gasteiger partial charge in [-0.25, -0.2) is 0 Å². The van der Waals surface area contributed by atoms with Crippen molar-refractivity contribution in [1.29, 1.82) is 0 Å². The number of hydrogen-bond acceptors (Lipinski definition) is 9. The minimum Gasteiger partial charge on any atom is -0.480 e. The number of carbonyl (C=O) groups is 2. The molecule has 1 saturated heterocycles. The second kappa shape index (κ2) is 14.3. The smallest absolute Gasteiger partial charge is 0.305 e. The zero-order chi connectivity index (χ0) is 25.1. The molecule has 0 spiro atoms. The van der Waals surface area contributed by atoms with Gasteiger partial charge in [0.05, 0.1) is 24.3 Å². The molecule has 2 rings (SSSR count). The summed E-state index contributed by atoms with van der Waals surface area (Å²) in [7, 11) is 6.97. The second-order valence-corrected chi connectivity index (χ2v) is 9.10. The van der Waals surface area contributed by atoms with Crippen molar-refractivity contribution >= 4 is 29.3 Å². The molecule has 2 heterocycles. The van der Waals surface area contributed by atoms with Crippen LogP contribution >= 0.6 is 11.6 Å². The minimum absolute atomic E-state index is 0.111. The first-order chi connectivity index (χ1) is 16.2. The summed E-state index contributed by atoms with van der Waals surface area (Å²) in [6, 6.07) is 1.32. The highest BCUT2D eigenvalue weighted by Crippen LogP contribution is 2.25. The number of esters is 1. The monoisotopic (exact) mass is 499 g/mol. The molecule has 11 heteroatoms. The number of likely N-dealkylation sites (N-methyl/N-ethyl adjacent to an activating group) is 1. The number of halogens is 1. The average Bonchev–Trinajstić information content (AvgIpc) is 2.80. The van der Waals surface area contributed by atoms with Gasteiger partial charge in [0.15, 0.2) is 0 Å². The predicted octanol–water partition coefficient (Wildman–Crippen LogP) is 1.81. The van der Waals surface area contributed by atoms with Crippen LogP contribution in [0.25, 0.3) is 0 Å². The molecule has 0 aliphatic carbocycles. The Morgan fingerprint density at radius 1 is 1.29 bits per heavy atom. The SMILES string of the molecule is COc1nc(N)c(Cl)cc1C(=O)N[C@@H]1CCN(CCCCCC(=O)OCCN(C)C)C[C@@H]1OC. The quantitative estimate of drug-likeness (QED) is 0.309. The number of likely N-dealkylation sites (tertiary alicyclic amines) is 1. The third kappa shape index (κ3) is 8.90. The Balaban J connectivity index is 1.74. The van der Waals surface area contributed by atoms with Crippen LogP contribution in [0.5, 0.6) is 5.88 Å². The van der Waals surface area contributed by atoms with E-state index in [4.69, 9.17) is 31.5 Å². The van der Waals surface area contributed by atoms with Crippen molar-refractivity contribution in [3.8, 4) is 5.88 Å². The molecule has 192 valence electrons. The number of nitrogen functional groups attached to an aromatic ring is 1. The fourth-order valence-corrected chi connectivity index (χ4v) is 3.98. The third-order valence-corrected chi connectivity index (χ3v) is 6.13. The van der Waals surface area contributed by atoms with Gasteiger partial charge in [0.1, 0.15) is 18.0 Å². The van der Waals surface area contributed by atoms with Crippen molar-refractivity contribution in [3.63, 3.8) is 0 Å². The van der Waals surface area contributed by atoms with Crippen molar-refractivity contribution < 1.29 is 23.8 Å². The fraction of sp³-hybridized carbons (Fsp3) is 0.696. The summed E-state index contributed by atoms with van der Waals surface area (Å²) in [5.41, 5.74) is 5.94. The van der Waals surface area contributed by atoms with Crippen LogP contribution in [0.1, 0.15) is 42.5 Å². The van der Waals surface area contributed by atoms with Crippen LogP contribution in [0.2, 0.25) is 5.02 Å². The van der Waals surface area contributed by atoms with Crippen LogP contribution in [0.15, 0.2) is 6.07 Å². The lowest BCUT2D eigenvalue weighted by molar-refractivity contribution is -0.144. The van der Waals surface area contributed by atoms with Gasteiger partial charge in [-0.1, -0.05) is 18.0 Å². The number of nitrogens with one attached hydrogen (secondary N) is 1. The van der Waals surface area contributed by atoms with Crippen LogP contribution in [0.4, 0.5) is 5.82 Å². The number of anilines is 1. The van der Waals surface area contributed by atoms with E-state index in [1.165, 1.54) is 13.2 Å². The number of amides is 1. The van der Waals surface area contributed by atoms with Gasteiger partial charge < -0.3 is 35.1 Å². The predicted molar refractivity (Wildman–Crippen MR) is 131 cm³/mol. The maximum atomic E-state index is 12.9. The van der Waals surface area contributed by atoms with Crippen LogP contribution in [0.3, 0.4) is 0 Å². The molecule has 1 aromatic heterocycles. The van der Waals surface area contributed by atoms with Gasteiger partial charge in [0.2, 0.25) is 5.88 Å². The van der Waals surface area contributed by atoms with Gasteiger partial charge in [0, 0.05) is 33.2 Å². The molecule has 10 nitrogen and oxygen atoms in total. The molecule has 0 radical (unpaired) electrons. The summed E-state index contributed by atoms with van der Waals surface area (Å²) in [4.78, 5) is 32.9. The van der Waals surface area contributed by atoms with Crippen LogP contribution < -0.4 is 15.8 Å². The third-order valence-electron chi connectivity index (χ3n) is 5.83. The number of ether oxygens (including phenoxy) is 3. The number of rotatable bonds is 13. The standard InChI is InChI=1S/C23H38ClN5O5/c1-28(2)12-13-34-20(30)8-6-5-7-10-29-11-9-18(19(15-29)32-3)26-22(31)16-14-17(24)21(25)27-23(16)33-4/h14,18-19H,5-13,15H2,1-4H3,(H2,25,27)(H,26,31)/t18-,19+/m1/s1. The topological polar surface area (TPSA) is 119 Å². The molecule has 1 fully saturated rings. The molecule has 0 bridgehead atoms. The first-order valence-electron chi connectivity index (χ1n) is 11.6. The number of nitrogens with zero attached hydrogens (tertiary/aromatic N) is 3. The molecular formula is C23H38ClN5O5. The highest BCUT2D eigenvalue weighted by atomic mass is 35.5. The summed E-state index contributed by atoms with van der Waals surface area (Å²) < 4.78 is 16.1. The molecule has 2 atom stereocenters. The molecule has 34 heavy (non-hydrogen) atoms. The van der Waals surface area contributed by atoms with Crippen molar-refractivity contribution in [1.82, 2.24) is 20.1 Å². The lowest BCUT2D eigenvalue weighted by atomic mass is 10.0. The molecule has 3 N–H and O–H groups in total. The highest BCUT2D eigenvalue weighted by molar-refractivity contribution is 6.33. The summed E-state index contributed by atoms with van der Waals surface area (Å²) in [6.07, 6.45) is 3.83. The molecule has 0 aromatic carbocycles. The number of aromatic nitrogens is 1. The van der Waals surface area contributed by atoms with Gasteiger partial charge in [-0.3, -0.25) is 9.59 Å². The Kier molecular flexibility index (Phi) is 11.8. The first kappa shape index (κ1) is 28.1. The maximum Gasteiger partial charge on any atom is 0.305 e. The van der Waals surface area contributed by atoms with E-state index in [0.29, 0.717) is 19.6 Å². The number of hydrogen-bond donors (Lipinski definition) is 2. The number of unbranched alkanes of at least 4 members (excludes halogenated alkanes) is 2. The van der Waals surface area contributed by atoms with E-state index in [0.717, 1.165) is 45.3 Å². The number of piperidine rings is 1. The highest BCUT2D eigenvalue weighted by Gasteiger charge is 2.31. The molecule has 0 unspecified atom stereocenters. The Hall–Kier alpha value is -2.14. The van der Waals surface area contributed by atoms with Crippen LogP contribution in [-0.4, -0.2) is 99.9 Å². The molecular weight excluding hydrogens is 462 g/mol. The normalized spacial score (nSPS) is 18.6. The van der Waals surface area contributed by atoms with Crippen LogP contribution in [-0.2, 0) is 14.3 Å². The largest absolute Gasteiger partial charge is 0.480 e. The van der Waals surface area contributed by atoms with Gasteiger partial charge in [-0.2, -0.15) is 4.98 Å². The van der Waals surface area contributed by atoms with E-state index in [2.05, 4.69) is 15.2 Å². The number of pyridine rings is 1. The van der Waals surface area contributed by atoms with E-state index < -0.39 is 0 Å². The van der Waals surface area contributed by atoms with Gasteiger partial charge in [0.25, 0.3) is 5.91 Å². The zero-order valence-electron chi connectivity index (χ0n) is 20.6. The average molecular weight is 500 g/mol. The van der Waals surface area contributed by atoms with E-state index in [1.54, 1.807) is 7.11 Å².